The minimum Gasteiger partial charge on any atom is -0.455 e. The number of benzene rings is 2. The van der Waals surface area contributed by atoms with E-state index < -0.39 is 11.6 Å². The zero-order chi connectivity index (χ0) is 20.1. The maximum absolute atomic E-state index is 13.8. The zero-order valence-electron chi connectivity index (χ0n) is 16.2. The average molecular weight is 402 g/mol. The summed E-state index contributed by atoms with van der Waals surface area (Å²) in [5.74, 6) is 1.34. The Hall–Kier alpha value is -2.13. The van der Waals surface area contributed by atoms with Gasteiger partial charge in [-0.3, -0.25) is 4.90 Å². The molecule has 0 aromatic heterocycles. The summed E-state index contributed by atoms with van der Waals surface area (Å²) >= 11 is 0. The summed E-state index contributed by atoms with van der Waals surface area (Å²) in [6.45, 7) is 1.87. The molecule has 2 aromatic carbocycles. The second-order valence-electron chi connectivity index (χ2n) is 7.66. The molecule has 0 heterocycles. The quantitative estimate of drug-likeness (QED) is 0.654. The number of urea groups is 1. The van der Waals surface area contributed by atoms with Crippen LogP contribution in [0.4, 0.5) is 14.9 Å². The van der Waals surface area contributed by atoms with Crippen molar-refractivity contribution in [3.63, 3.8) is 0 Å². The number of carbonyl (C=O) groups excluding carboxylic acids is 1. The first kappa shape index (κ1) is 20.6. The van der Waals surface area contributed by atoms with Gasteiger partial charge in [0, 0.05) is 25.2 Å². The predicted molar refractivity (Wildman–Crippen MR) is 114 cm³/mol. The second kappa shape index (κ2) is 8.91. The van der Waals surface area contributed by atoms with E-state index in [1.807, 2.05) is 15.3 Å². The third kappa shape index (κ3) is 5.68. The van der Waals surface area contributed by atoms with E-state index in [1.54, 1.807) is 29.2 Å². The Morgan fingerprint density at radius 2 is 1.86 bits per heavy atom. The first-order chi connectivity index (χ1) is 13.3. The molecule has 1 aliphatic carbocycles. The third-order valence-corrected chi connectivity index (χ3v) is 5.39. The van der Waals surface area contributed by atoms with Gasteiger partial charge in [0.1, 0.15) is 5.75 Å². The molecule has 2 unspecified atom stereocenters. The second-order valence-corrected chi connectivity index (χ2v) is 8.69. The lowest BCUT2D eigenvalue weighted by atomic mass is 9.78. The van der Waals surface area contributed by atoms with E-state index in [1.165, 1.54) is 12.5 Å². The summed E-state index contributed by atoms with van der Waals surface area (Å²) in [5, 5.41) is 0. The van der Waals surface area contributed by atoms with Gasteiger partial charge in [0.05, 0.1) is 0 Å². The molecule has 0 bridgehead atoms. The first-order valence-electron chi connectivity index (χ1n) is 9.70. The minimum absolute atomic E-state index is 0.358. The van der Waals surface area contributed by atoms with Gasteiger partial charge in [-0.15, -0.1) is 0 Å². The Balaban J connectivity index is 1.64. The van der Waals surface area contributed by atoms with Crippen LogP contribution >= 0.6 is 9.24 Å². The summed E-state index contributed by atoms with van der Waals surface area (Å²) in [7, 11) is 2.00. The van der Waals surface area contributed by atoms with E-state index in [9.17, 15) is 9.18 Å². The van der Waals surface area contributed by atoms with Crippen LogP contribution in [0.2, 0.25) is 0 Å². The van der Waals surface area contributed by atoms with Crippen molar-refractivity contribution in [2.24, 2.45) is 11.7 Å². The maximum atomic E-state index is 13.8. The molecule has 0 saturated heterocycles. The molecule has 1 saturated carbocycles. The fraction of sp³-hybridized carbons (Fsp3) is 0.409. The number of primary amides is 1. The Labute approximate surface area is 168 Å². The number of nitrogens with two attached hydrogens (primary N) is 1. The highest BCUT2D eigenvalue weighted by Crippen LogP contribution is 2.37. The van der Waals surface area contributed by atoms with Crippen molar-refractivity contribution >= 4 is 21.0 Å². The number of alkyl halides is 1. The van der Waals surface area contributed by atoms with Crippen LogP contribution < -0.4 is 15.4 Å². The van der Waals surface area contributed by atoms with Crippen molar-refractivity contribution in [2.45, 2.75) is 44.1 Å². The highest BCUT2D eigenvalue weighted by molar-refractivity contribution is 7.18. The Bertz CT molecular complexity index is 787. The van der Waals surface area contributed by atoms with Crippen molar-refractivity contribution in [3.05, 3.63) is 60.2 Å². The molecule has 0 aliphatic heterocycles. The van der Waals surface area contributed by atoms with E-state index in [-0.39, 0.29) is 0 Å². The molecule has 2 N–H and O–H groups in total. The van der Waals surface area contributed by atoms with Gasteiger partial charge in [0.25, 0.3) is 5.60 Å². The van der Waals surface area contributed by atoms with Crippen LogP contribution in [0.25, 0.3) is 0 Å². The number of amides is 2. The summed E-state index contributed by atoms with van der Waals surface area (Å²) < 4.78 is 19.0. The monoisotopic (exact) mass is 402 g/mol. The van der Waals surface area contributed by atoms with Crippen LogP contribution in [0.3, 0.4) is 0 Å². The molecular weight excluding hydrogens is 374 g/mol. The Morgan fingerprint density at radius 3 is 2.46 bits per heavy atom. The van der Waals surface area contributed by atoms with Crippen molar-refractivity contribution < 1.29 is 13.9 Å². The van der Waals surface area contributed by atoms with Crippen LogP contribution in [0.5, 0.6) is 5.75 Å². The van der Waals surface area contributed by atoms with E-state index in [0.29, 0.717) is 29.8 Å². The topological polar surface area (TPSA) is 55.6 Å². The summed E-state index contributed by atoms with van der Waals surface area (Å²) in [5.41, 5.74) is 5.80. The van der Waals surface area contributed by atoms with Gasteiger partial charge in [-0.25, -0.2) is 4.79 Å². The smallest absolute Gasteiger partial charge is 0.319 e. The summed E-state index contributed by atoms with van der Waals surface area (Å²) in [6, 6.07) is 16.9. The number of ether oxygens (including phenoxy) is 1. The van der Waals surface area contributed by atoms with Gasteiger partial charge in [-0.2, -0.15) is 4.39 Å². The van der Waals surface area contributed by atoms with E-state index in [2.05, 4.69) is 24.3 Å². The van der Waals surface area contributed by atoms with Gasteiger partial charge < -0.3 is 10.5 Å². The fourth-order valence-corrected chi connectivity index (χ4v) is 4.07. The molecule has 2 amide bonds. The van der Waals surface area contributed by atoms with E-state index in [4.69, 9.17) is 10.5 Å². The fourth-order valence-electron chi connectivity index (χ4n) is 3.93. The molecule has 28 heavy (non-hydrogen) atoms. The van der Waals surface area contributed by atoms with Crippen LogP contribution in [0.1, 0.15) is 44.1 Å². The number of anilines is 1. The highest BCUT2D eigenvalue weighted by Gasteiger charge is 2.26. The number of nitrogens with zero attached hydrogens (tertiary/aromatic N) is 1. The molecule has 0 radical (unpaired) electrons. The van der Waals surface area contributed by atoms with Gasteiger partial charge in [-0.05, 0) is 55.2 Å². The van der Waals surface area contributed by atoms with E-state index >= 15 is 0 Å². The Morgan fingerprint density at radius 1 is 1.18 bits per heavy atom. The van der Waals surface area contributed by atoms with E-state index in [0.717, 1.165) is 25.7 Å². The number of carbonyl (C=O) groups is 1. The van der Waals surface area contributed by atoms with Gasteiger partial charge in [-0.1, -0.05) is 45.6 Å². The number of halogens is 1. The van der Waals surface area contributed by atoms with Crippen LogP contribution in [0.15, 0.2) is 54.6 Å². The largest absolute Gasteiger partial charge is 0.455 e. The van der Waals surface area contributed by atoms with Crippen LogP contribution in [-0.2, 0) is 0 Å². The molecule has 1 aliphatic rings. The lowest BCUT2D eigenvalue weighted by Crippen LogP contribution is -2.40. The number of rotatable bonds is 6. The van der Waals surface area contributed by atoms with Gasteiger partial charge in [0.2, 0.25) is 0 Å². The van der Waals surface area contributed by atoms with Crippen molar-refractivity contribution in [1.82, 2.24) is 0 Å². The van der Waals surface area contributed by atoms with Crippen molar-refractivity contribution in [2.75, 3.05) is 11.4 Å². The number of hydrogen-bond acceptors (Lipinski definition) is 2. The van der Waals surface area contributed by atoms with Crippen molar-refractivity contribution in [1.29, 1.82) is 0 Å². The van der Waals surface area contributed by atoms with Crippen LogP contribution in [0, 0.1) is 5.92 Å². The van der Waals surface area contributed by atoms with Gasteiger partial charge >= 0.3 is 6.03 Å². The molecular formula is C22H28FN2O2P. The number of hydrogen-bond donors (Lipinski definition) is 1. The van der Waals surface area contributed by atoms with Crippen molar-refractivity contribution in [3.8, 4) is 5.75 Å². The summed E-state index contributed by atoms with van der Waals surface area (Å²) in [4.78, 5) is 13.7. The predicted octanol–water partition coefficient (Wildman–Crippen LogP) is 5.44. The molecule has 3 rings (SSSR count). The molecule has 6 heteroatoms. The highest BCUT2D eigenvalue weighted by atomic mass is 31.0. The first-order valence-corrected chi connectivity index (χ1v) is 10.3. The molecule has 0 spiro atoms. The standard InChI is InChI=1S/C22H28FN2O2P/c1-22(23,28)27-20-9-5-8-19(14-20)25(21(24)26)15-16-10-12-18(13-11-16)17-6-3-2-4-7-17/h2-9,14,16,18H,10-13,15,28H2,1H3,(H2,24,26). The third-order valence-electron chi connectivity index (χ3n) is 5.27. The summed E-state index contributed by atoms with van der Waals surface area (Å²) in [6.07, 6.45) is 4.32. The zero-order valence-corrected chi connectivity index (χ0v) is 17.3. The SMILES string of the molecule is CC(F)(P)Oc1cccc(N(CC2CCC(c3ccccc3)CC2)C(N)=O)c1. The molecule has 4 nitrogen and oxygen atoms in total. The molecule has 2 aromatic rings. The van der Waals surface area contributed by atoms with Gasteiger partial charge in [0.15, 0.2) is 0 Å². The molecule has 150 valence electrons. The minimum atomic E-state index is -1.87. The average Bonchev–Trinajstić information content (AvgIpc) is 2.66. The molecule has 2 atom stereocenters. The lowest BCUT2D eigenvalue weighted by Gasteiger charge is -2.32. The van der Waals surface area contributed by atoms with Crippen LogP contribution in [-0.4, -0.2) is 18.2 Å². The normalized spacial score (nSPS) is 21.5. The Kier molecular flexibility index (Phi) is 6.56. The maximum Gasteiger partial charge on any atom is 0.319 e. The lowest BCUT2D eigenvalue weighted by molar-refractivity contribution is 0.0473. The molecule has 1 fully saturated rings.